The maximum atomic E-state index is 12.4. The van der Waals surface area contributed by atoms with Gasteiger partial charge in [0.15, 0.2) is 0 Å². The molecule has 0 unspecified atom stereocenters. The predicted molar refractivity (Wildman–Crippen MR) is 139 cm³/mol. The second-order valence-corrected chi connectivity index (χ2v) is 10.1. The van der Waals surface area contributed by atoms with Crippen molar-refractivity contribution in [1.82, 2.24) is 19.7 Å². The van der Waals surface area contributed by atoms with Gasteiger partial charge in [-0.1, -0.05) is 31.5 Å². The van der Waals surface area contributed by atoms with Crippen LogP contribution in [0.25, 0.3) is 27.5 Å². The highest BCUT2D eigenvalue weighted by molar-refractivity contribution is 7.15. The zero-order valence-corrected chi connectivity index (χ0v) is 21.3. The topological polar surface area (TPSA) is 69.9 Å². The van der Waals surface area contributed by atoms with E-state index in [-0.39, 0.29) is 5.78 Å². The summed E-state index contributed by atoms with van der Waals surface area (Å²) in [6.07, 6.45) is 6.49. The molecular formula is C28H30N4O2S. The van der Waals surface area contributed by atoms with Gasteiger partial charge in [-0.2, -0.15) is 5.10 Å². The number of fused-ring (bicyclic) bond motifs is 3. The van der Waals surface area contributed by atoms with E-state index in [1.54, 1.807) is 18.4 Å². The Labute approximate surface area is 210 Å². The fourth-order valence-electron chi connectivity index (χ4n) is 4.64. The number of nitrogens with zero attached hydrogens (tertiary/aromatic N) is 4. The van der Waals surface area contributed by atoms with E-state index in [0.29, 0.717) is 19.4 Å². The van der Waals surface area contributed by atoms with Crippen LogP contribution in [0.15, 0.2) is 42.6 Å². The van der Waals surface area contributed by atoms with Crippen molar-refractivity contribution in [1.29, 1.82) is 0 Å². The second-order valence-electron chi connectivity index (χ2n) is 9.00. The number of aromatic nitrogens is 4. The molecule has 180 valence electrons. The highest BCUT2D eigenvalue weighted by atomic mass is 32.1. The summed E-state index contributed by atoms with van der Waals surface area (Å²) in [6, 6.07) is 12.6. The Morgan fingerprint density at radius 3 is 2.77 bits per heavy atom. The number of rotatable bonds is 9. The second kappa shape index (κ2) is 10.2. The molecule has 0 spiro atoms. The van der Waals surface area contributed by atoms with Crippen LogP contribution in [-0.2, 0) is 35.2 Å². The first kappa shape index (κ1) is 23.6. The minimum absolute atomic E-state index is 0.157. The van der Waals surface area contributed by atoms with Crippen LogP contribution in [0.3, 0.4) is 0 Å². The number of carbonyl (C=O) groups is 1. The first-order valence-electron chi connectivity index (χ1n) is 12.2. The van der Waals surface area contributed by atoms with Gasteiger partial charge in [0.05, 0.1) is 40.7 Å². The SMILES string of the molecule is CCCc1ccc(-c2nn(-c3ccccc3C)c3c2CCc2nc(CC(=O)CCOC)sc2-3)cn1. The number of pyridine rings is 1. The Morgan fingerprint density at radius 1 is 1.17 bits per heavy atom. The Morgan fingerprint density at radius 2 is 2.03 bits per heavy atom. The minimum atomic E-state index is 0.157. The molecule has 0 saturated carbocycles. The van der Waals surface area contributed by atoms with Gasteiger partial charge >= 0.3 is 0 Å². The Balaban J connectivity index is 1.61. The quantitative estimate of drug-likeness (QED) is 0.310. The number of ether oxygens (including phenoxy) is 1. The lowest BCUT2D eigenvalue weighted by Gasteiger charge is -2.15. The molecule has 0 radical (unpaired) electrons. The molecule has 1 aliphatic rings. The van der Waals surface area contributed by atoms with E-state index >= 15 is 0 Å². The van der Waals surface area contributed by atoms with Crippen LogP contribution in [-0.4, -0.2) is 39.2 Å². The van der Waals surface area contributed by atoms with Gasteiger partial charge in [-0.15, -0.1) is 11.3 Å². The molecule has 1 aliphatic carbocycles. The summed E-state index contributed by atoms with van der Waals surface area (Å²) in [5, 5.41) is 6.02. The van der Waals surface area contributed by atoms with Crippen molar-refractivity contribution in [3.8, 4) is 27.5 Å². The average Bonchev–Trinajstić information content (AvgIpc) is 3.45. The number of methoxy groups -OCH3 is 1. The maximum Gasteiger partial charge on any atom is 0.141 e. The third-order valence-corrected chi connectivity index (χ3v) is 7.54. The van der Waals surface area contributed by atoms with Crippen molar-refractivity contribution in [2.75, 3.05) is 13.7 Å². The molecular weight excluding hydrogens is 456 g/mol. The summed E-state index contributed by atoms with van der Waals surface area (Å²) in [5.41, 5.74) is 8.74. The van der Waals surface area contributed by atoms with Crippen molar-refractivity contribution in [2.45, 2.75) is 52.4 Å². The van der Waals surface area contributed by atoms with Crippen LogP contribution in [0.5, 0.6) is 0 Å². The minimum Gasteiger partial charge on any atom is -0.384 e. The summed E-state index contributed by atoms with van der Waals surface area (Å²) in [4.78, 5) is 23.1. The Kier molecular flexibility index (Phi) is 6.88. The predicted octanol–water partition coefficient (Wildman–Crippen LogP) is 5.57. The van der Waals surface area contributed by atoms with Gasteiger partial charge in [0.25, 0.3) is 0 Å². The molecule has 4 aromatic rings. The average molecular weight is 487 g/mol. The molecule has 0 bridgehead atoms. The molecule has 0 atom stereocenters. The van der Waals surface area contributed by atoms with Gasteiger partial charge in [0.2, 0.25) is 0 Å². The van der Waals surface area contributed by atoms with Gasteiger partial charge in [-0.05, 0) is 49.9 Å². The van der Waals surface area contributed by atoms with Crippen molar-refractivity contribution < 1.29 is 9.53 Å². The van der Waals surface area contributed by atoms with Crippen molar-refractivity contribution in [3.05, 3.63) is 70.1 Å². The summed E-state index contributed by atoms with van der Waals surface area (Å²) >= 11 is 1.62. The van der Waals surface area contributed by atoms with Gasteiger partial charge < -0.3 is 4.74 Å². The number of hydrogen-bond acceptors (Lipinski definition) is 6. The van der Waals surface area contributed by atoms with E-state index in [9.17, 15) is 4.79 Å². The molecule has 0 N–H and O–H groups in total. The molecule has 5 rings (SSSR count). The number of benzene rings is 1. The number of para-hydroxylation sites is 1. The summed E-state index contributed by atoms with van der Waals surface area (Å²) in [7, 11) is 1.62. The lowest BCUT2D eigenvalue weighted by atomic mass is 9.95. The largest absolute Gasteiger partial charge is 0.384 e. The van der Waals surface area contributed by atoms with Crippen LogP contribution in [0, 0.1) is 6.92 Å². The van der Waals surface area contributed by atoms with Crippen LogP contribution in [0.4, 0.5) is 0 Å². The van der Waals surface area contributed by atoms with E-state index < -0.39 is 0 Å². The normalized spacial score (nSPS) is 12.4. The number of carbonyl (C=O) groups excluding carboxylic acids is 1. The van der Waals surface area contributed by atoms with E-state index in [4.69, 9.17) is 19.8 Å². The third-order valence-electron chi connectivity index (χ3n) is 6.43. The van der Waals surface area contributed by atoms with Gasteiger partial charge in [0, 0.05) is 36.5 Å². The van der Waals surface area contributed by atoms with Crippen molar-refractivity contribution in [2.24, 2.45) is 0 Å². The summed E-state index contributed by atoms with van der Waals surface area (Å²) in [6.45, 7) is 4.73. The fourth-order valence-corrected chi connectivity index (χ4v) is 5.84. The van der Waals surface area contributed by atoms with Gasteiger partial charge in [-0.3, -0.25) is 9.78 Å². The van der Waals surface area contributed by atoms with Crippen LogP contribution in [0.1, 0.15) is 47.3 Å². The number of Topliss-reactive ketones (excluding diaryl/α,β-unsaturated/α-hetero) is 1. The van der Waals surface area contributed by atoms with E-state index in [0.717, 1.165) is 75.2 Å². The van der Waals surface area contributed by atoms with Crippen molar-refractivity contribution >= 4 is 17.1 Å². The fraction of sp³-hybridized carbons (Fsp3) is 0.357. The van der Waals surface area contributed by atoms with Crippen LogP contribution < -0.4 is 0 Å². The smallest absolute Gasteiger partial charge is 0.141 e. The van der Waals surface area contributed by atoms with Gasteiger partial charge in [0.1, 0.15) is 10.8 Å². The molecule has 7 heteroatoms. The lowest BCUT2D eigenvalue weighted by molar-refractivity contribution is -0.119. The molecule has 0 saturated heterocycles. The van der Waals surface area contributed by atoms with Crippen LogP contribution >= 0.6 is 11.3 Å². The Bertz CT molecular complexity index is 1350. The zero-order valence-electron chi connectivity index (χ0n) is 20.5. The third kappa shape index (κ3) is 4.70. The van der Waals surface area contributed by atoms with Crippen LogP contribution in [0.2, 0.25) is 0 Å². The van der Waals surface area contributed by atoms with Gasteiger partial charge in [-0.25, -0.2) is 9.67 Å². The highest BCUT2D eigenvalue weighted by Gasteiger charge is 2.30. The lowest BCUT2D eigenvalue weighted by Crippen LogP contribution is -2.07. The number of thiazole rings is 1. The molecule has 6 nitrogen and oxygen atoms in total. The number of aryl methyl sites for hydroxylation is 3. The molecule has 1 aromatic carbocycles. The zero-order chi connectivity index (χ0) is 24.4. The van der Waals surface area contributed by atoms with E-state index in [2.05, 4.69) is 42.8 Å². The first-order valence-corrected chi connectivity index (χ1v) is 13.0. The number of ketones is 1. The molecule has 0 aliphatic heterocycles. The van der Waals surface area contributed by atoms with E-state index in [1.807, 2.05) is 18.3 Å². The monoisotopic (exact) mass is 486 g/mol. The molecule has 35 heavy (non-hydrogen) atoms. The molecule has 3 aromatic heterocycles. The standard InChI is InChI=1S/C28H30N4O2S/c1-4-7-20-11-10-19(17-29-20)26-22-12-13-23-28(35-25(30-23)16-21(33)14-15-34-3)27(22)32(31-26)24-9-6-5-8-18(24)2/h5-6,8-11,17H,4,7,12-16H2,1-3H3. The Hall–Kier alpha value is -3.16. The van der Waals surface area contributed by atoms with Crippen molar-refractivity contribution in [3.63, 3.8) is 0 Å². The summed E-state index contributed by atoms with van der Waals surface area (Å²) in [5.74, 6) is 0.157. The first-order chi connectivity index (χ1) is 17.1. The molecule has 0 fully saturated rings. The summed E-state index contributed by atoms with van der Waals surface area (Å²) < 4.78 is 7.14. The molecule has 0 amide bonds. The molecule has 3 heterocycles. The number of hydrogen-bond donors (Lipinski definition) is 0. The maximum absolute atomic E-state index is 12.4. The van der Waals surface area contributed by atoms with E-state index in [1.165, 1.54) is 5.56 Å². The highest BCUT2D eigenvalue weighted by Crippen LogP contribution is 2.43.